The van der Waals surface area contributed by atoms with Gasteiger partial charge < -0.3 is 9.64 Å². The first kappa shape index (κ1) is 20.1. The molecule has 1 aliphatic heterocycles. The molecule has 2 aromatic rings. The van der Waals surface area contributed by atoms with Gasteiger partial charge in [0.25, 0.3) is 0 Å². The largest absolute Gasteiger partial charge is 0.497 e. The molecule has 1 aliphatic rings. The predicted molar refractivity (Wildman–Crippen MR) is 106 cm³/mol. The Morgan fingerprint density at radius 3 is 2.54 bits per heavy atom. The van der Waals surface area contributed by atoms with Crippen molar-refractivity contribution in [2.45, 2.75) is 19.0 Å². The van der Waals surface area contributed by atoms with Gasteiger partial charge in [0.05, 0.1) is 18.6 Å². The summed E-state index contributed by atoms with van der Waals surface area (Å²) < 4.78 is 43.0. The van der Waals surface area contributed by atoms with Gasteiger partial charge in [-0.15, -0.1) is 0 Å². The van der Waals surface area contributed by atoms with Crippen molar-refractivity contribution in [1.82, 2.24) is 4.90 Å². The zero-order chi connectivity index (χ0) is 20.1. The van der Waals surface area contributed by atoms with Crippen molar-refractivity contribution in [1.29, 1.82) is 0 Å². The van der Waals surface area contributed by atoms with E-state index in [0.717, 1.165) is 5.56 Å². The first-order valence-electron chi connectivity index (χ1n) is 8.94. The molecule has 0 saturated carbocycles. The molecule has 5 nitrogen and oxygen atoms in total. The Morgan fingerprint density at radius 2 is 1.93 bits per heavy atom. The third-order valence-electron chi connectivity index (χ3n) is 4.76. The van der Waals surface area contributed by atoms with E-state index in [0.29, 0.717) is 17.7 Å². The van der Waals surface area contributed by atoms with Crippen molar-refractivity contribution in [3.8, 4) is 5.75 Å². The van der Waals surface area contributed by atoms with Crippen LogP contribution in [0.1, 0.15) is 17.5 Å². The van der Waals surface area contributed by atoms with Crippen LogP contribution in [-0.4, -0.2) is 43.9 Å². The van der Waals surface area contributed by atoms with Crippen molar-refractivity contribution in [3.63, 3.8) is 0 Å². The van der Waals surface area contributed by atoms with Crippen LogP contribution < -0.4 is 4.74 Å². The highest BCUT2D eigenvalue weighted by Crippen LogP contribution is 2.22. The smallest absolute Gasteiger partial charge is 0.247 e. The molecular formula is C21H22FNO4S. The zero-order valence-electron chi connectivity index (χ0n) is 15.5. The number of rotatable bonds is 6. The summed E-state index contributed by atoms with van der Waals surface area (Å²) in [7, 11) is -1.60. The van der Waals surface area contributed by atoms with Crippen molar-refractivity contribution in [2.24, 2.45) is 0 Å². The molecule has 1 heterocycles. The Morgan fingerprint density at radius 1 is 1.21 bits per heavy atom. The molecule has 148 valence electrons. The number of ether oxygens (including phenoxy) is 1. The normalized spacial score (nSPS) is 18.3. The second-order valence-electron chi connectivity index (χ2n) is 6.72. The molecule has 7 heteroatoms. The standard InChI is InChI=1S/C21H22FNO4S/c1-27-19-9-6-16(7-10-19)8-11-21(24)23(18-12-13-28(25,26)15-18)14-17-4-2-3-5-20(17)22/h2-11,18H,12-15H2,1H3/b11-8+/t18-/m0/s1. The van der Waals surface area contributed by atoms with Crippen LogP contribution >= 0.6 is 0 Å². The fourth-order valence-corrected chi connectivity index (χ4v) is 4.93. The SMILES string of the molecule is COc1ccc(/C=C/C(=O)N(Cc2ccccc2F)[C@H]2CCS(=O)(=O)C2)cc1. The van der Waals surface area contributed by atoms with Gasteiger partial charge in [0.2, 0.25) is 5.91 Å². The monoisotopic (exact) mass is 403 g/mol. The van der Waals surface area contributed by atoms with E-state index in [1.165, 1.54) is 17.0 Å². The minimum atomic E-state index is -3.18. The Balaban J connectivity index is 1.81. The number of sulfone groups is 1. The van der Waals surface area contributed by atoms with E-state index in [2.05, 4.69) is 0 Å². The highest BCUT2D eigenvalue weighted by Gasteiger charge is 2.34. The lowest BCUT2D eigenvalue weighted by Gasteiger charge is -2.27. The molecule has 2 aromatic carbocycles. The third kappa shape index (κ3) is 4.98. The molecule has 0 aliphatic carbocycles. The molecule has 1 amide bonds. The van der Waals surface area contributed by atoms with E-state index in [-0.39, 0.29) is 24.0 Å². The van der Waals surface area contributed by atoms with Gasteiger partial charge in [0.15, 0.2) is 9.84 Å². The number of amides is 1. The predicted octanol–water partition coefficient (Wildman–Crippen LogP) is 3.06. The van der Waals surface area contributed by atoms with Crippen LogP contribution in [0.5, 0.6) is 5.75 Å². The van der Waals surface area contributed by atoms with Crippen LogP contribution in [0, 0.1) is 5.82 Å². The molecule has 0 aromatic heterocycles. The Labute approximate surface area is 164 Å². The average Bonchev–Trinajstić information content (AvgIpc) is 3.05. The number of hydrogen-bond donors (Lipinski definition) is 0. The number of carbonyl (C=O) groups is 1. The van der Waals surface area contributed by atoms with E-state index in [1.54, 1.807) is 43.5 Å². The number of methoxy groups -OCH3 is 1. The lowest BCUT2D eigenvalue weighted by molar-refractivity contribution is -0.128. The van der Waals surface area contributed by atoms with E-state index in [1.807, 2.05) is 12.1 Å². The Bertz CT molecular complexity index is 970. The molecule has 0 bridgehead atoms. The number of benzene rings is 2. The lowest BCUT2D eigenvalue weighted by Crippen LogP contribution is -2.39. The minimum absolute atomic E-state index is 0.0264. The van der Waals surface area contributed by atoms with Crippen molar-refractivity contribution < 1.29 is 22.3 Å². The van der Waals surface area contributed by atoms with Crippen LogP contribution in [0.4, 0.5) is 4.39 Å². The quantitative estimate of drug-likeness (QED) is 0.696. The van der Waals surface area contributed by atoms with Gasteiger partial charge in [-0.3, -0.25) is 4.79 Å². The summed E-state index contributed by atoms with van der Waals surface area (Å²) in [6.45, 7) is 0.0264. The first-order chi connectivity index (χ1) is 13.4. The maximum atomic E-state index is 14.1. The molecule has 1 saturated heterocycles. The topological polar surface area (TPSA) is 63.7 Å². The van der Waals surface area contributed by atoms with Crippen molar-refractivity contribution in [2.75, 3.05) is 18.6 Å². The first-order valence-corrected chi connectivity index (χ1v) is 10.8. The fourth-order valence-electron chi connectivity index (χ4n) is 3.20. The zero-order valence-corrected chi connectivity index (χ0v) is 16.4. The Hall–Kier alpha value is -2.67. The molecule has 0 unspecified atom stereocenters. The van der Waals surface area contributed by atoms with E-state index >= 15 is 0 Å². The Kier molecular flexibility index (Phi) is 6.14. The van der Waals surface area contributed by atoms with E-state index in [9.17, 15) is 17.6 Å². The van der Waals surface area contributed by atoms with E-state index < -0.39 is 21.7 Å². The number of nitrogens with zero attached hydrogens (tertiary/aromatic N) is 1. The minimum Gasteiger partial charge on any atom is -0.497 e. The number of halogens is 1. The van der Waals surface area contributed by atoms with Gasteiger partial charge in [-0.1, -0.05) is 30.3 Å². The highest BCUT2D eigenvalue weighted by molar-refractivity contribution is 7.91. The summed E-state index contributed by atoms with van der Waals surface area (Å²) >= 11 is 0. The highest BCUT2D eigenvalue weighted by atomic mass is 32.2. The van der Waals surface area contributed by atoms with E-state index in [4.69, 9.17) is 4.74 Å². The molecule has 3 rings (SSSR count). The van der Waals surface area contributed by atoms with Gasteiger partial charge in [-0.2, -0.15) is 0 Å². The summed E-state index contributed by atoms with van der Waals surface area (Å²) in [5, 5.41) is 0. The van der Waals surface area contributed by atoms with Crippen LogP contribution in [-0.2, 0) is 21.2 Å². The van der Waals surface area contributed by atoms with Crippen LogP contribution in [0.15, 0.2) is 54.6 Å². The molecule has 28 heavy (non-hydrogen) atoms. The van der Waals surface area contributed by atoms with Crippen LogP contribution in [0.25, 0.3) is 6.08 Å². The lowest BCUT2D eigenvalue weighted by atomic mass is 10.1. The summed E-state index contributed by atoms with van der Waals surface area (Å²) in [6.07, 6.45) is 3.41. The van der Waals surface area contributed by atoms with Crippen LogP contribution in [0.2, 0.25) is 0 Å². The molecule has 0 radical (unpaired) electrons. The van der Waals surface area contributed by atoms with Crippen molar-refractivity contribution >= 4 is 21.8 Å². The van der Waals surface area contributed by atoms with Gasteiger partial charge >= 0.3 is 0 Å². The fraction of sp³-hybridized carbons (Fsp3) is 0.286. The van der Waals surface area contributed by atoms with Gasteiger partial charge in [0, 0.05) is 24.2 Å². The maximum Gasteiger partial charge on any atom is 0.247 e. The van der Waals surface area contributed by atoms with Gasteiger partial charge in [-0.25, -0.2) is 12.8 Å². The molecule has 1 atom stereocenters. The molecule has 1 fully saturated rings. The molecule has 0 N–H and O–H groups in total. The van der Waals surface area contributed by atoms with Gasteiger partial charge in [0.1, 0.15) is 11.6 Å². The average molecular weight is 403 g/mol. The second-order valence-corrected chi connectivity index (χ2v) is 8.95. The maximum absolute atomic E-state index is 14.1. The second kappa shape index (κ2) is 8.56. The van der Waals surface area contributed by atoms with Gasteiger partial charge in [-0.05, 0) is 36.3 Å². The number of hydrogen-bond acceptors (Lipinski definition) is 4. The summed E-state index contributed by atoms with van der Waals surface area (Å²) in [5.74, 6) is -0.105. The summed E-state index contributed by atoms with van der Waals surface area (Å²) in [5.41, 5.74) is 1.16. The van der Waals surface area contributed by atoms with Crippen molar-refractivity contribution in [3.05, 3.63) is 71.6 Å². The third-order valence-corrected chi connectivity index (χ3v) is 6.52. The molecular weight excluding hydrogens is 381 g/mol. The summed E-state index contributed by atoms with van der Waals surface area (Å²) in [4.78, 5) is 14.3. The molecule has 0 spiro atoms. The number of carbonyl (C=O) groups excluding carboxylic acids is 1. The van der Waals surface area contributed by atoms with Crippen LogP contribution in [0.3, 0.4) is 0 Å². The summed E-state index contributed by atoms with van der Waals surface area (Å²) in [6, 6.07) is 12.9.